The maximum absolute atomic E-state index is 15.2. The molecule has 3 aromatic rings. The average molecular weight is 503 g/mol. The molecule has 3 heterocycles. The number of anilines is 1. The number of esters is 1. The Labute approximate surface area is 202 Å². The second-order valence-corrected chi connectivity index (χ2v) is 8.43. The molecule has 182 valence electrons. The number of nitrogens with zero attached hydrogens (tertiary/aromatic N) is 2. The summed E-state index contributed by atoms with van der Waals surface area (Å²) in [6.45, 7) is 3.48. The number of ether oxygens (including phenoxy) is 1. The molecule has 1 aliphatic rings. The van der Waals surface area contributed by atoms with E-state index >= 15 is 4.39 Å². The summed E-state index contributed by atoms with van der Waals surface area (Å²) in [4.78, 5) is 43.6. The fourth-order valence-electron chi connectivity index (χ4n) is 3.71. The van der Waals surface area contributed by atoms with Gasteiger partial charge in [0.25, 0.3) is 5.91 Å². The summed E-state index contributed by atoms with van der Waals surface area (Å²) in [7, 11) is 0. The van der Waals surface area contributed by atoms with Crippen molar-refractivity contribution in [2.24, 2.45) is 0 Å². The van der Waals surface area contributed by atoms with E-state index in [4.69, 9.17) is 9.15 Å². The highest BCUT2D eigenvalue weighted by Gasteiger charge is 2.47. The summed E-state index contributed by atoms with van der Waals surface area (Å²) in [6, 6.07) is 5.28. The van der Waals surface area contributed by atoms with E-state index in [0.717, 1.165) is 22.3 Å². The third kappa shape index (κ3) is 4.58. The predicted octanol–water partition coefficient (Wildman–Crippen LogP) is 2.66. The Hall–Kier alpha value is -3.87. The maximum Gasteiger partial charge on any atom is 0.311 e. The second-order valence-electron chi connectivity index (χ2n) is 7.59. The van der Waals surface area contributed by atoms with Crippen LogP contribution in [0.5, 0.6) is 0 Å². The van der Waals surface area contributed by atoms with Crippen molar-refractivity contribution < 1.29 is 43.7 Å². The molecular formula is C23H21FN3O7S+. The third-order valence-electron chi connectivity index (χ3n) is 5.26. The number of aliphatic hydroxyl groups is 1. The number of carbonyl (C=O) groups excluding carboxylic acids is 3. The number of hydrogen-bond donors (Lipinski definition) is 3. The van der Waals surface area contributed by atoms with Gasteiger partial charge in [-0.1, -0.05) is 0 Å². The summed E-state index contributed by atoms with van der Waals surface area (Å²) in [5, 5.41) is 21.5. The van der Waals surface area contributed by atoms with Crippen LogP contribution in [0.4, 0.5) is 15.2 Å². The Balaban J connectivity index is 1.81. The molecule has 35 heavy (non-hydrogen) atoms. The number of aryl methyl sites for hydroxylation is 1. The number of ketones is 1. The fourth-order valence-corrected chi connectivity index (χ4v) is 4.56. The lowest BCUT2D eigenvalue weighted by molar-refractivity contribution is -0.825. The van der Waals surface area contributed by atoms with Crippen LogP contribution in [0.15, 0.2) is 51.5 Å². The van der Waals surface area contributed by atoms with Crippen molar-refractivity contribution in [2.75, 3.05) is 11.5 Å². The van der Waals surface area contributed by atoms with Gasteiger partial charge in [-0.2, -0.15) is 5.48 Å². The van der Waals surface area contributed by atoms with Crippen molar-refractivity contribution in [2.45, 2.75) is 26.3 Å². The molecule has 0 radical (unpaired) electrons. The van der Waals surface area contributed by atoms with Crippen molar-refractivity contribution in [1.82, 2.24) is 4.98 Å². The first-order valence-electron chi connectivity index (χ1n) is 10.5. The number of rotatable bonds is 8. The van der Waals surface area contributed by atoms with Gasteiger partial charge in [0, 0.05) is 23.1 Å². The lowest BCUT2D eigenvalue weighted by atomic mass is 9.94. The number of thiazole rings is 1. The van der Waals surface area contributed by atoms with Crippen LogP contribution in [0.3, 0.4) is 0 Å². The smallest absolute Gasteiger partial charge is 0.311 e. The highest BCUT2D eigenvalue weighted by atomic mass is 32.1. The predicted molar refractivity (Wildman–Crippen MR) is 120 cm³/mol. The van der Waals surface area contributed by atoms with E-state index in [-0.39, 0.29) is 40.7 Å². The molecule has 0 saturated heterocycles. The Morgan fingerprint density at radius 2 is 2.09 bits per heavy atom. The van der Waals surface area contributed by atoms with Crippen molar-refractivity contribution in [3.05, 3.63) is 75.6 Å². The van der Waals surface area contributed by atoms with Crippen molar-refractivity contribution in [1.29, 1.82) is 0 Å². The van der Waals surface area contributed by atoms with Crippen LogP contribution in [-0.2, 0) is 20.7 Å². The van der Waals surface area contributed by atoms with Gasteiger partial charge >= 0.3 is 5.97 Å². The number of halogens is 1. The normalized spacial score (nSPS) is 15.7. The number of benzene rings is 1. The Bertz CT molecular complexity index is 1350. The number of Topliss-reactive ketones (excluding diaryl/α,β-unsaturated/α-hetero) is 1. The number of quaternary nitrogens is 1. The van der Waals surface area contributed by atoms with Gasteiger partial charge in [-0.15, -0.1) is 11.3 Å². The molecule has 0 bridgehead atoms. The molecule has 0 fully saturated rings. The number of carbonyl (C=O) groups is 3. The van der Waals surface area contributed by atoms with Gasteiger partial charge in [-0.25, -0.2) is 14.6 Å². The first-order valence-corrected chi connectivity index (χ1v) is 11.4. The number of hydrogen-bond acceptors (Lipinski definition) is 9. The highest BCUT2D eigenvalue weighted by Crippen LogP contribution is 2.44. The lowest BCUT2D eigenvalue weighted by Gasteiger charge is -2.24. The molecule has 2 aromatic heterocycles. The van der Waals surface area contributed by atoms with E-state index in [1.807, 2.05) is 0 Å². The molecule has 10 nitrogen and oxygen atoms in total. The van der Waals surface area contributed by atoms with Gasteiger partial charge in [0.1, 0.15) is 17.6 Å². The zero-order valence-corrected chi connectivity index (χ0v) is 19.5. The first-order chi connectivity index (χ1) is 16.7. The maximum atomic E-state index is 15.2. The van der Waals surface area contributed by atoms with Crippen LogP contribution in [-0.4, -0.2) is 39.6 Å². The van der Waals surface area contributed by atoms with Gasteiger partial charge in [0.15, 0.2) is 22.3 Å². The minimum Gasteiger partial charge on any atom is -0.503 e. The average Bonchev–Trinajstić information content (AvgIpc) is 3.52. The van der Waals surface area contributed by atoms with Crippen LogP contribution in [0, 0.1) is 12.7 Å². The fraction of sp³-hybridized carbons (Fsp3) is 0.217. The summed E-state index contributed by atoms with van der Waals surface area (Å²) in [5.74, 6) is -3.66. The van der Waals surface area contributed by atoms with Crippen molar-refractivity contribution in [3.63, 3.8) is 0 Å². The van der Waals surface area contributed by atoms with Crippen molar-refractivity contribution >= 4 is 39.8 Å². The van der Waals surface area contributed by atoms with Gasteiger partial charge in [0.05, 0.1) is 24.3 Å². The quantitative estimate of drug-likeness (QED) is 0.184. The van der Waals surface area contributed by atoms with E-state index in [2.05, 4.69) is 4.98 Å². The summed E-state index contributed by atoms with van der Waals surface area (Å²) in [5.41, 5.74) is 0.683. The molecule has 0 saturated carbocycles. The molecule has 4 N–H and O–H groups in total. The van der Waals surface area contributed by atoms with Gasteiger partial charge in [-0.3, -0.25) is 19.3 Å². The van der Waals surface area contributed by atoms with Gasteiger partial charge in [0.2, 0.25) is 5.78 Å². The van der Waals surface area contributed by atoms with E-state index < -0.39 is 35.3 Å². The monoisotopic (exact) mass is 502 g/mol. The van der Waals surface area contributed by atoms with E-state index in [0.29, 0.717) is 16.9 Å². The minimum absolute atomic E-state index is 0.0430. The first kappa shape index (κ1) is 24.3. The molecule has 12 heteroatoms. The van der Waals surface area contributed by atoms with E-state index in [1.165, 1.54) is 23.6 Å². The Kier molecular flexibility index (Phi) is 6.78. The van der Waals surface area contributed by atoms with Crippen LogP contribution < -0.4 is 10.4 Å². The highest BCUT2D eigenvalue weighted by molar-refractivity contribution is 7.14. The molecule has 1 aliphatic heterocycles. The molecule has 4 rings (SSSR count). The molecule has 1 atom stereocenters. The SMILES string of the molecule is CCOC(=O)Cc1csc(N2C(=O)C(O)=C(C(=O)c3ccc(C)o3)C2c2ccc([NH2+]O)cc2F)n1. The van der Waals surface area contributed by atoms with Crippen molar-refractivity contribution in [3.8, 4) is 0 Å². The molecule has 1 aromatic carbocycles. The molecule has 1 amide bonds. The van der Waals surface area contributed by atoms with Crippen LogP contribution in [0.2, 0.25) is 0 Å². The minimum atomic E-state index is -1.38. The van der Waals surface area contributed by atoms with E-state index in [1.54, 1.807) is 19.9 Å². The lowest BCUT2D eigenvalue weighted by Crippen LogP contribution is -2.73. The van der Waals surface area contributed by atoms with E-state index in [9.17, 15) is 24.7 Å². The molecule has 0 aliphatic carbocycles. The van der Waals surface area contributed by atoms with Gasteiger partial charge in [-0.05, 0) is 32.0 Å². The second kappa shape index (κ2) is 9.78. The molecule has 0 spiro atoms. The number of nitrogens with two attached hydrogens (primary N) is 1. The zero-order chi connectivity index (χ0) is 25.3. The summed E-state index contributed by atoms with van der Waals surface area (Å²) >= 11 is 0.983. The Morgan fingerprint density at radius 1 is 1.31 bits per heavy atom. The summed E-state index contributed by atoms with van der Waals surface area (Å²) in [6.07, 6.45) is -0.150. The largest absolute Gasteiger partial charge is 0.503 e. The molecular weight excluding hydrogens is 481 g/mol. The number of furan rings is 1. The molecule has 1 unspecified atom stereocenters. The number of amides is 1. The third-order valence-corrected chi connectivity index (χ3v) is 6.15. The number of aliphatic hydroxyl groups excluding tert-OH is 1. The zero-order valence-electron chi connectivity index (χ0n) is 18.6. The van der Waals surface area contributed by atoms with Crippen LogP contribution in [0.1, 0.15) is 40.5 Å². The van der Waals surface area contributed by atoms with Crippen LogP contribution >= 0.6 is 11.3 Å². The number of aromatic nitrogens is 1. The standard InChI is InChI=1S/C23H20FN3O7S/c1-3-33-17(28)9-13-10-35-23(25-13)27-19(14-6-5-12(26-32)8-15(14)24)18(21(30)22(27)31)20(29)16-7-4-11(2)34-16/h4-8,10,19,26,30,32H,3,9H2,1-2H3/p+1. The topological polar surface area (TPSA) is 147 Å². The van der Waals surface area contributed by atoms with Gasteiger partial charge < -0.3 is 14.3 Å². The Morgan fingerprint density at radius 3 is 2.71 bits per heavy atom. The summed E-state index contributed by atoms with van der Waals surface area (Å²) < 4.78 is 25.4. The van der Waals surface area contributed by atoms with Crippen LogP contribution in [0.25, 0.3) is 0 Å².